The number of hydrogen-bond donors (Lipinski definition) is 1. The third kappa shape index (κ3) is 3.79. The van der Waals surface area contributed by atoms with Crippen LogP contribution in [0.5, 0.6) is 0 Å². The number of rotatable bonds is 5. The largest absolute Gasteiger partial charge is 0.363 e. The molecule has 0 radical (unpaired) electrons. The topological polar surface area (TPSA) is 114 Å². The molecule has 0 atom stereocenters. The molecule has 0 bridgehead atoms. The minimum atomic E-state index is -1.09. The highest BCUT2D eigenvalue weighted by atomic mass is 16.2. The van der Waals surface area contributed by atoms with Crippen LogP contribution in [0.2, 0.25) is 0 Å². The third-order valence-corrected chi connectivity index (χ3v) is 5.25. The number of carbonyl (C=O) groups is 3. The molecule has 0 saturated carbocycles. The molecule has 2 amide bonds. The lowest BCUT2D eigenvalue weighted by atomic mass is 10.2. The summed E-state index contributed by atoms with van der Waals surface area (Å²) in [5.41, 5.74) is 7.20. The van der Waals surface area contributed by atoms with Crippen molar-refractivity contribution in [2.75, 3.05) is 26.2 Å². The van der Waals surface area contributed by atoms with Crippen molar-refractivity contribution >= 4 is 28.6 Å². The average Bonchev–Trinajstić information content (AvgIpc) is 3.08. The van der Waals surface area contributed by atoms with E-state index >= 15 is 0 Å². The van der Waals surface area contributed by atoms with Crippen LogP contribution in [0.4, 0.5) is 0 Å². The number of nitrogens with zero attached hydrogens (tertiary/aromatic N) is 5. The van der Waals surface area contributed by atoms with Gasteiger partial charge in [-0.05, 0) is 17.7 Å². The summed E-state index contributed by atoms with van der Waals surface area (Å²) in [4.78, 5) is 44.9. The Bertz CT molecular complexity index is 1120. The molecule has 4 rings (SSSR count). The van der Waals surface area contributed by atoms with Gasteiger partial charge in [-0.25, -0.2) is 4.98 Å². The van der Waals surface area contributed by atoms with Gasteiger partial charge in [-0.15, -0.1) is 0 Å². The smallest absolute Gasteiger partial charge is 0.291 e. The molecule has 1 aliphatic rings. The first kappa shape index (κ1) is 19.7. The van der Waals surface area contributed by atoms with Crippen LogP contribution >= 0.6 is 0 Å². The predicted octanol–water partition coefficient (Wildman–Crippen LogP) is 0.594. The van der Waals surface area contributed by atoms with Gasteiger partial charge in [-0.2, -0.15) is 5.10 Å². The molecule has 1 aliphatic heterocycles. The maximum Gasteiger partial charge on any atom is 0.291 e. The average molecular weight is 406 g/mol. The fourth-order valence-electron chi connectivity index (χ4n) is 3.67. The Kier molecular flexibility index (Phi) is 5.28. The maximum absolute atomic E-state index is 13.0. The van der Waals surface area contributed by atoms with E-state index in [0.717, 1.165) is 19.6 Å². The minimum Gasteiger partial charge on any atom is -0.363 e. The summed E-state index contributed by atoms with van der Waals surface area (Å²) in [7, 11) is 1.53. The van der Waals surface area contributed by atoms with Crippen LogP contribution in [0.3, 0.4) is 0 Å². The number of piperazine rings is 1. The van der Waals surface area contributed by atoms with Crippen LogP contribution in [0, 0.1) is 0 Å². The molecule has 3 aromatic rings. The summed E-state index contributed by atoms with van der Waals surface area (Å²) in [5, 5.41) is 4.17. The Balaban J connectivity index is 1.49. The van der Waals surface area contributed by atoms with Crippen LogP contribution in [0.1, 0.15) is 26.5 Å². The van der Waals surface area contributed by atoms with E-state index in [9.17, 15) is 14.4 Å². The van der Waals surface area contributed by atoms with E-state index in [1.165, 1.54) is 17.3 Å². The third-order valence-electron chi connectivity index (χ3n) is 5.25. The summed E-state index contributed by atoms with van der Waals surface area (Å²) in [6, 6.07) is 13.4. The number of Topliss-reactive ketones (excluding diaryl/α,β-unsaturated/α-hetero) is 1. The van der Waals surface area contributed by atoms with Gasteiger partial charge in [-0.1, -0.05) is 30.3 Å². The predicted molar refractivity (Wildman–Crippen MR) is 110 cm³/mol. The Morgan fingerprint density at radius 1 is 1.00 bits per heavy atom. The van der Waals surface area contributed by atoms with Crippen molar-refractivity contribution in [2.45, 2.75) is 6.54 Å². The molecule has 30 heavy (non-hydrogen) atoms. The quantitative estimate of drug-likeness (QED) is 0.490. The Morgan fingerprint density at radius 2 is 1.70 bits per heavy atom. The molecule has 1 fully saturated rings. The maximum atomic E-state index is 13.0. The molecule has 9 heteroatoms. The van der Waals surface area contributed by atoms with E-state index < -0.39 is 11.7 Å². The second kappa shape index (κ2) is 8.03. The lowest BCUT2D eigenvalue weighted by molar-refractivity contribution is -0.114. The summed E-state index contributed by atoms with van der Waals surface area (Å²) >= 11 is 0. The highest BCUT2D eigenvalue weighted by molar-refractivity contribution is 6.43. The van der Waals surface area contributed by atoms with Crippen molar-refractivity contribution in [3.05, 3.63) is 59.4 Å². The van der Waals surface area contributed by atoms with Gasteiger partial charge in [0.2, 0.25) is 0 Å². The summed E-state index contributed by atoms with van der Waals surface area (Å²) < 4.78 is 1.27. The zero-order valence-electron chi connectivity index (χ0n) is 16.6. The number of fused-ring (bicyclic) bond motifs is 1. The number of pyridine rings is 1. The molecule has 0 unspecified atom stereocenters. The Labute approximate surface area is 173 Å². The normalized spacial score (nSPS) is 14.8. The number of primary amides is 1. The molecule has 0 aliphatic carbocycles. The monoisotopic (exact) mass is 406 g/mol. The van der Waals surface area contributed by atoms with Gasteiger partial charge >= 0.3 is 0 Å². The number of aryl methyl sites for hydroxylation is 1. The van der Waals surface area contributed by atoms with Crippen molar-refractivity contribution < 1.29 is 14.4 Å². The number of nitrogens with two attached hydrogens (primary N) is 1. The lowest BCUT2D eigenvalue weighted by Crippen LogP contribution is -2.48. The number of amides is 2. The second-order valence-corrected chi connectivity index (χ2v) is 7.28. The van der Waals surface area contributed by atoms with E-state index in [0.29, 0.717) is 18.6 Å². The van der Waals surface area contributed by atoms with Gasteiger partial charge in [0.1, 0.15) is 22.4 Å². The fraction of sp³-hybridized carbons (Fsp3) is 0.286. The molecule has 1 aromatic carbocycles. The van der Waals surface area contributed by atoms with Crippen LogP contribution in [0.25, 0.3) is 11.0 Å². The second-order valence-electron chi connectivity index (χ2n) is 7.28. The van der Waals surface area contributed by atoms with Gasteiger partial charge in [-0.3, -0.25) is 24.0 Å². The molecule has 2 aromatic heterocycles. The van der Waals surface area contributed by atoms with E-state index in [1.54, 1.807) is 17.0 Å². The number of ketones is 1. The van der Waals surface area contributed by atoms with E-state index in [-0.39, 0.29) is 22.8 Å². The highest BCUT2D eigenvalue weighted by Crippen LogP contribution is 2.18. The summed E-state index contributed by atoms with van der Waals surface area (Å²) in [5.74, 6) is -2.18. The van der Waals surface area contributed by atoms with Crippen molar-refractivity contribution in [3.8, 4) is 0 Å². The summed E-state index contributed by atoms with van der Waals surface area (Å²) in [6.07, 6.45) is 0. The van der Waals surface area contributed by atoms with E-state index in [2.05, 4.69) is 27.1 Å². The number of carbonyl (C=O) groups excluding carboxylic acids is 3. The SMILES string of the molecule is Cn1nc2ccc(C(=O)N3CCN(Cc4ccccc4)CC3)nc2c1C(=O)C(N)=O. The van der Waals surface area contributed by atoms with Gasteiger partial charge in [0.25, 0.3) is 17.6 Å². The van der Waals surface area contributed by atoms with Gasteiger partial charge in [0.15, 0.2) is 0 Å². The minimum absolute atomic E-state index is 0.0140. The molecule has 0 spiro atoms. The fourth-order valence-corrected chi connectivity index (χ4v) is 3.67. The van der Waals surface area contributed by atoms with Gasteiger partial charge < -0.3 is 10.6 Å². The van der Waals surface area contributed by atoms with Crippen molar-refractivity contribution in [1.29, 1.82) is 0 Å². The van der Waals surface area contributed by atoms with Crippen LogP contribution < -0.4 is 5.73 Å². The van der Waals surface area contributed by atoms with Crippen LogP contribution in [0.15, 0.2) is 42.5 Å². The molecule has 1 saturated heterocycles. The van der Waals surface area contributed by atoms with Gasteiger partial charge in [0, 0.05) is 39.8 Å². The Hall–Kier alpha value is -3.59. The van der Waals surface area contributed by atoms with E-state index in [1.807, 2.05) is 18.2 Å². The van der Waals surface area contributed by atoms with Crippen LogP contribution in [-0.4, -0.2) is 68.3 Å². The van der Waals surface area contributed by atoms with E-state index in [4.69, 9.17) is 5.73 Å². The Morgan fingerprint density at radius 3 is 2.37 bits per heavy atom. The zero-order chi connectivity index (χ0) is 21.3. The molecular weight excluding hydrogens is 384 g/mol. The highest BCUT2D eigenvalue weighted by Gasteiger charge is 2.26. The first-order valence-electron chi connectivity index (χ1n) is 9.67. The number of benzene rings is 1. The first-order valence-corrected chi connectivity index (χ1v) is 9.67. The molecule has 9 nitrogen and oxygen atoms in total. The standard InChI is InChI=1S/C21H22N6O3/c1-25-18(19(28)20(22)29)17-15(24-25)7-8-16(23-17)21(30)27-11-9-26(10-12-27)13-14-5-3-2-4-6-14/h2-8H,9-13H2,1H3,(H2,22,29). The zero-order valence-corrected chi connectivity index (χ0v) is 16.6. The molecule has 3 heterocycles. The van der Waals surface area contributed by atoms with Crippen molar-refractivity contribution in [3.63, 3.8) is 0 Å². The summed E-state index contributed by atoms with van der Waals surface area (Å²) in [6.45, 7) is 3.56. The molecule has 2 N–H and O–H groups in total. The first-order chi connectivity index (χ1) is 14.4. The molecular formula is C21H22N6O3. The van der Waals surface area contributed by atoms with Crippen molar-refractivity contribution in [2.24, 2.45) is 12.8 Å². The van der Waals surface area contributed by atoms with Crippen LogP contribution in [-0.2, 0) is 18.4 Å². The van der Waals surface area contributed by atoms with Gasteiger partial charge in [0.05, 0.1) is 0 Å². The van der Waals surface area contributed by atoms with Crippen molar-refractivity contribution in [1.82, 2.24) is 24.6 Å². The molecule has 154 valence electrons. The number of aromatic nitrogens is 3. The lowest BCUT2D eigenvalue weighted by Gasteiger charge is -2.34. The number of hydrogen-bond acceptors (Lipinski definition) is 6.